The minimum Gasteiger partial charge on any atom is -0.399 e. The molecule has 1 atom stereocenters. The first-order valence-electron chi connectivity index (χ1n) is 3.11. The summed E-state index contributed by atoms with van der Waals surface area (Å²) in [5, 5.41) is 0. The first kappa shape index (κ1) is 6.14. The third-order valence-corrected chi connectivity index (χ3v) is 1.30. The number of rotatable bonds is 0. The lowest BCUT2D eigenvalue weighted by Gasteiger charge is -1.91. The van der Waals surface area contributed by atoms with Crippen molar-refractivity contribution in [2.75, 3.05) is 0 Å². The summed E-state index contributed by atoms with van der Waals surface area (Å²) in [6, 6.07) is 0. The molecule has 1 aliphatic rings. The van der Waals surface area contributed by atoms with E-state index in [4.69, 9.17) is 5.73 Å². The zero-order valence-corrected chi connectivity index (χ0v) is 5.54. The highest BCUT2D eigenvalue weighted by molar-refractivity contribution is 5.25. The molecule has 0 saturated carbocycles. The molecule has 1 aliphatic carbocycles. The SMILES string of the molecule is CC1C=CC=C(N)C=C1. The van der Waals surface area contributed by atoms with E-state index in [2.05, 4.69) is 19.1 Å². The fourth-order valence-corrected chi connectivity index (χ4v) is 0.725. The van der Waals surface area contributed by atoms with Crippen LogP contribution in [-0.4, -0.2) is 0 Å². The average molecular weight is 121 g/mol. The highest BCUT2D eigenvalue weighted by atomic mass is 14.5. The van der Waals surface area contributed by atoms with Crippen LogP contribution in [0.3, 0.4) is 0 Å². The largest absolute Gasteiger partial charge is 0.399 e. The van der Waals surface area contributed by atoms with Crippen molar-refractivity contribution in [2.45, 2.75) is 6.92 Å². The Labute approximate surface area is 55.6 Å². The van der Waals surface area contributed by atoms with E-state index in [1.807, 2.05) is 18.2 Å². The summed E-state index contributed by atoms with van der Waals surface area (Å²) < 4.78 is 0. The second-order valence-electron chi connectivity index (χ2n) is 2.27. The number of hydrogen-bond donors (Lipinski definition) is 1. The minimum absolute atomic E-state index is 0.516. The van der Waals surface area contributed by atoms with Crippen LogP contribution >= 0.6 is 0 Å². The van der Waals surface area contributed by atoms with Gasteiger partial charge in [-0.2, -0.15) is 0 Å². The van der Waals surface area contributed by atoms with Gasteiger partial charge in [-0.05, 0) is 18.1 Å². The van der Waals surface area contributed by atoms with Crippen molar-refractivity contribution >= 4 is 0 Å². The minimum atomic E-state index is 0.516. The molecule has 9 heavy (non-hydrogen) atoms. The summed E-state index contributed by atoms with van der Waals surface area (Å²) in [4.78, 5) is 0. The van der Waals surface area contributed by atoms with Crippen LogP contribution in [0, 0.1) is 5.92 Å². The van der Waals surface area contributed by atoms with E-state index >= 15 is 0 Å². The van der Waals surface area contributed by atoms with Gasteiger partial charge in [0.05, 0.1) is 0 Å². The van der Waals surface area contributed by atoms with Crippen LogP contribution in [0.15, 0.2) is 36.1 Å². The molecule has 0 saturated heterocycles. The lowest BCUT2D eigenvalue weighted by Crippen LogP contribution is -1.90. The molecule has 0 spiro atoms. The number of allylic oxidation sites excluding steroid dienone is 5. The van der Waals surface area contributed by atoms with Crippen LogP contribution in [0.25, 0.3) is 0 Å². The van der Waals surface area contributed by atoms with Gasteiger partial charge in [0.25, 0.3) is 0 Å². The maximum atomic E-state index is 5.52. The highest BCUT2D eigenvalue weighted by Crippen LogP contribution is 2.05. The molecule has 0 radical (unpaired) electrons. The molecule has 1 heteroatoms. The monoisotopic (exact) mass is 121 g/mol. The van der Waals surface area contributed by atoms with Gasteiger partial charge in [0.1, 0.15) is 0 Å². The van der Waals surface area contributed by atoms with Gasteiger partial charge in [-0.15, -0.1) is 0 Å². The van der Waals surface area contributed by atoms with Crippen LogP contribution < -0.4 is 5.73 Å². The predicted octanol–water partition coefficient (Wildman–Crippen LogP) is 1.59. The molecule has 0 fully saturated rings. The molecular weight excluding hydrogens is 110 g/mol. The summed E-state index contributed by atoms with van der Waals surface area (Å²) >= 11 is 0. The fraction of sp³-hybridized carbons (Fsp3) is 0.250. The number of hydrogen-bond acceptors (Lipinski definition) is 1. The summed E-state index contributed by atoms with van der Waals surface area (Å²) in [6.45, 7) is 2.12. The highest BCUT2D eigenvalue weighted by Gasteiger charge is 1.91. The second-order valence-corrected chi connectivity index (χ2v) is 2.27. The zero-order valence-electron chi connectivity index (χ0n) is 5.54. The fourth-order valence-electron chi connectivity index (χ4n) is 0.725. The molecule has 0 aromatic heterocycles. The van der Waals surface area contributed by atoms with Crippen LogP contribution in [0.4, 0.5) is 0 Å². The summed E-state index contributed by atoms with van der Waals surface area (Å²) in [5.41, 5.74) is 6.35. The third-order valence-electron chi connectivity index (χ3n) is 1.30. The molecule has 0 heterocycles. The van der Waals surface area contributed by atoms with Crippen molar-refractivity contribution < 1.29 is 0 Å². The van der Waals surface area contributed by atoms with E-state index in [-0.39, 0.29) is 0 Å². The van der Waals surface area contributed by atoms with Crippen LogP contribution in [-0.2, 0) is 0 Å². The van der Waals surface area contributed by atoms with Gasteiger partial charge in [-0.1, -0.05) is 25.2 Å². The zero-order chi connectivity index (χ0) is 6.69. The summed E-state index contributed by atoms with van der Waals surface area (Å²) in [7, 11) is 0. The molecule has 1 rings (SSSR count). The van der Waals surface area contributed by atoms with Gasteiger partial charge in [-0.25, -0.2) is 0 Å². The molecule has 1 nitrogen and oxygen atoms in total. The van der Waals surface area contributed by atoms with E-state index in [1.54, 1.807) is 0 Å². The van der Waals surface area contributed by atoms with E-state index in [9.17, 15) is 0 Å². The molecule has 0 aliphatic heterocycles. The molecule has 0 aromatic rings. The van der Waals surface area contributed by atoms with Crippen LogP contribution in [0.1, 0.15) is 6.92 Å². The van der Waals surface area contributed by atoms with Gasteiger partial charge in [0, 0.05) is 5.70 Å². The first-order chi connectivity index (χ1) is 4.29. The maximum absolute atomic E-state index is 5.52. The van der Waals surface area contributed by atoms with Gasteiger partial charge < -0.3 is 5.73 Å². The van der Waals surface area contributed by atoms with Crippen molar-refractivity contribution in [1.29, 1.82) is 0 Å². The average Bonchev–Trinajstić information content (AvgIpc) is 1.97. The van der Waals surface area contributed by atoms with Crippen molar-refractivity contribution in [2.24, 2.45) is 11.7 Å². The van der Waals surface area contributed by atoms with Crippen molar-refractivity contribution in [3.05, 3.63) is 36.1 Å². The predicted molar refractivity (Wildman–Crippen MR) is 39.7 cm³/mol. The van der Waals surface area contributed by atoms with Crippen LogP contribution in [0.2, 0.25) is 0 Å². The maximum Gasteiger partial charge on any atom is 0.0310 e. The van der Waals surface area contributed by atoms with E-state index in [0.29, 0.717) is 5.92 Å². The quantitative estimate of drug-likeness (QED) is 0.517. The lowest BCUT2D eigenvalue weighted by molar-refractivity contribution is 0.941. The third kappa shape index (κ3) is 1.76. The lowest BCUT2D eigenvalue weighted by atomic mass is 10.2. The Hall–Kier alpha value is -0.980. The smallest absolute Gasteiger partial charge is 0.0310 e. The van der Waals surface area contributed by atoms with Crippen molar-refractivity contribution in [3.63, 3.8) is 0 Å². The Bertz CT molecular complexity index is 175. The normalized spacial score (nSPS) is 25.4. The van der Waals surface area contributed by atoms with Gasteiger partial charge in [0.2, 0.25) is 0 Å². The van der Waals surface area contributed by atoms with Crippen molar-refractivity contribution in [1.82, 2.24) is 0 Å². The topological polar surface area (TPSA) is 26.0 Å². The van der Waals surface area contributed by atoms with E-state index in [0.717, 1.165) is 5.70 Å². The molecular formula is C8H11N. The van der Waals surface area contributed by atoms with Crippen molar-refractivity contribution in [3.8, 4) is 0 Å². The summed E-state index contributed by atoms with van der Waals surface area (Å²) in [6.07, 6.45) is 10.0. The molecule has 48 valence electrons. The molecule has 0 amide bonds. The molecule has 2 N–H and O–H groups in total. The van der Waals surface area contributed by atoms with E-state index < -0.39 is 0 Å². The number of nitrogens with two attached hydrogens (primary N) is 1. The molecule has 0 bridgehead atoms. The Morgan fingerprint density at radius 3 is 3.00 bits per heavy atom. The summed E-state index contributed by atoms with van der Waals surface area (Å²) in [5.74, 6) is 0.516. The van der Waals surface area contributed by atoms with Crippen LogP contribution in [0.5, 0.6) is 0 Å². The Morgan fingerprint density at radius 2 is 2.22 bits per heavy atom. The molecule has 0 aromatic carbocycles. The Morgan fingerprint density at radius 1 is 1.44 bits per heavy atom. The first-order valence-corrected chi connectivity index (χ1v) is 3.11. The Kier molecular flexibility index (Phi) is 1.73. The standard InChI is InChI=1S/C8H11N/c1-7-3-2-4-8(9)6-5-7/h2-7H,9H2,1H3. The van der Waals surface area contributed by atoms with E-state index in [1.165, 1.54) is 0 Å². The van der Waals surface area contributed by atoms with Gasteiger partial charge in [-0.3, -0.25) is 0 Å². The van der Waals surface area contributed by atoms with Gasteiger partial charge >= 0.3 is 0 Å². The Balaban J connectivity index is 2.75. The molecule has 1 unspecified atom stereocenters. The second kappa shape index (κ2) is 2.53. The van der Waals surface area contributed by atoms with Gasteiger partial charge in [0.15, 0.2) is 0 Å².